The van der Waals surface area contributed by atoms with Crippen LogP contribution in [0.1, 0.15) is 114 Å². The number of likely N-dealkylation sites (tertiary alicyclic amines) is 1. The summed E-state index contributed by atoms with van der Waals surface area (Å²) in [5.74, 6) is -1.73. The smallest absolute Gasteiger partial charge is 0.407 e. The molecule has 1 aromatic rings. The van der Waals surface area contributed by atoms with Gasteiger partial charge in [0.15, 0.2) is 11.8 Å². The molecule has 17 nitrogen and oxygen atoms in total. The van der Waals surface area contributed by atoms with Crippen LogP contribution in [0.3, 0.4) is 0 Å². The van der Waals surface area contributed by atoms with Crippen LogP contribution in [0, 0.1) is 11.8 Å². The minimum absolute atomic E-state index is 0.0872. The van der Waals surface area contributed by atoms with Gasteiger partial charge in [-0.2, -0.15) is 0 Å². The Hall–Kier alpha value is -3.54. The van der Waals surface area contributed by atoms with E-state index in [0.717, 1.165) is 62.8 Å². The van der Waals surface area contributed by atoms with Crippen molar-refractivity contribution >= 4 is 35.2 Å². The van der Waals surface area contributed by atoms with Crippen LogP contribution in [0.2, 0.25) is 0 Å². The first-order valence-corrected chi connectivity index (χ1v) is 21.0. The van der Waals surface area contributed by atoms with E-state index < -0.39 is 30.3 Å². The number of nitrogens with one attached hydrogen (secondary N) is 2. The van der Waals surface area contributed by atoms with Gasteiger partial charge in [-0.15, -0.1) is 11.3 Å². The van der Waals surface area contributed by atoms with E-state index >= 15 is 0 Å². The van der Waals surface area contributed by atoms with E-state index in [2.05, 4.69) is 37.5 Å². The molecule has 0 unspecified atom stereocenters. The number of ether oxygens (including phenoxy) is 4. The summed E-state index contributed by atoms with van der Waals surface area (Å²) in [6.45, 7) is 13.7. The summed E-state index contributed by atoms with van der Waals surface area (Å²) in [5.41, 5.74) is 8.11. The first-order valence-electron chi connectivity index (χ1n) is 20.1. The number of rotatable bonds is 29. The molecular formula is C38H66N8O9S. The van der Waals surface area contributed by atoms with Gasteiger partial charge >= 0.3 is 12.1 Å². The number of nitrogens with zero attached hydrogens (tertiary/aromatic N) is 6. The quantitative estimate of drug-likeness (QED) is 0.0380. The second kappa shape index (κ2) is 28.0. The summed E-state index contributed by atoms with van der Waals surface area (Å²) in [7, 11) is 1.95. The fraction of sp³-hybridized carbons (Fsp3) is 0.816. The average Bonchev–Trinajstić information content (AvgIpc) is 3.68. The number of likely N-dealkylation sites (N-methyl/N-ethyl adjacent to an activating group) is 1. The third-order valence-corrected chi connectivity index (χ3v) is 10.9. The number of hydrogen-bond acceptors (Lipinski definition) is 12. The Labute approximate surface area is 336 Å². The molecule has 1 aliphatic rings. The highest BCUT2D eigenvalue weighted by Crippen LogP contribution is 2.32. The topological polar surface area (TPSA) is 218 Å². The van der Waals surface area contributed by atoms with E-state index in [1.165, 1.54) is 5.38 Å². The van der Waals surface area contributed by atoms with Gasteiger partial charge in [0.25, 0.3) is 0 Å². The van der Waals surface area contributed by atoms with Crippen LogP contribution in [0.25, 0.3) is 10.4 Å². The SMILES string of the molecule is CCCCCCN(C(=O)[C@@H](NC(=O)[C@H]1CCCCN1C)[C@@H](C)CC)[C@H](C[C@@H](OC(=O)NCCOCCOCCOCCN=[N+]=[N-])c1nc(C(=O)O)cs1)C(C)C. The van der Waals surface area contributed by atoms with Crippen molar-refractivity contribution in [1.29, 1.82) is 0 Å². The lowest BCUT2D eigenvalue weighted by Crippen LogP contribution is -2.59. The zero-order valence-corrected chi connectivity index (χ0v) is 35.1. The van der Waals surface area contributed by atoms with Gasteiger partial charge in [0.1, 0.15) is 11.0 Å². The van der Waals surface area contributed by atoms with Crippen molar-refractivity contribution in [3.8, 4) is 0 Å². The van der Waals surface area contributed by atoms with Gasteiger partial charge in [-0.3, -0.25) is 14.5 Å². The summed E-state index contributed by atoms with van der Waals surface area (Å²) in [5, 5.41) is 20.6. The van der Waals surface area contributed by atoms with Gasteiger partial charge in [0, 0.05) is 42.4 Å². The van der Waals surface area contributed by atoms with Crippen LogP contribution >= 0.6 is 11.3 Å². The number of azide groups is 1. The highest BCUT2D eigenvalue weighted by atomic mass is 32.1. The largest absolute Gasteiger partial charge is 0.476 e. The van der Waals surface area contributed by atoms with Gasteiger partial charge in [0.05, 0.1) is 45.7 Å². The molecule has 0 spiro atoms. The Balaban J connectivity index is 2.20. The molecule has 2 rings (SSSR count). The molecule has 1 aromatic heterocycles. The van der Waals surface area contributed by atoms with Crippen molar-refractivity contribution in [2.45, 2.75) is 117 Å². The Morgan fingerprint density at radius 1 is 1.05 bits per heavy atom. The predicted molar refractivity (Wildman–Crippen MR) is 214 cm³/mol. The zero-order chi connectivity index (χ0) is 41.3. The highest BCUT2D eigenvalue weighted by Gasteiger charge is 2.38. The number of amides is 3. The summed E-state index contributed by atoms with van der Waals surface area (Å²) >= 11 is 1.08. The maximum absolute atomic E-state index is 14.8. The van der Waals surface area contributed by atoms with Crippen molar-refractivity contribution < 1.29 is 43.2 Å². The van der Waals surface area contributed by atoms with E-state index in [1.54, 1.807) is 0 Å². The minimum Gasteiger partial charge on any atom is -0.476 e. The number of alkyl carbamates (subject to hydrolysis) is 1. The number of aromatic nitrogens is 1. The molecule has 1 saturated heterocycles. The molecular weight excluding hydrogens is 745 g/mol. The zero-order valence-electron chi connectivity index (χ0n) is 34.3. The Kier molecular flexibility index (Phi) is 24.3. The van der Waals surface area contributed by atoms with Crippen molar-refractivity contribution in [2.75, 3.05) is 72.9 Å². The number of unbranched alkanes of at least 4 members (excludes halogenated alkanes) is 3. The molecule has 0 bridgehead atoms. The average molecular weight is 811 g/mol. The van der Waals surface area contributed by atoms with Crippen LogP contribution in [0.4, 0.5) is 4.79 Å². The summed E-state index contributed by atoms with van der Waals surface area (Å²) in [6, 6.07) is -1.47. The molecule has 18 heteroatoms. The van der Waals surface area contributed by atoms with E-state index in [4.69, 9.17) is 24.5 Å². The number of aromatic carboxylic acids is 1. The number of piperidine rings is 1. The van der Waals surface area contributed by atoms with Gasteiger partial charge in [0.2, 0.25) is 11.8 Å². The standard InChI is InChI=1S/C38H66N8O9S/c1-7-9-10-12-18-46(36(48)33(28(5)8-2)43-34(47)30-14-11-13-17-45(30)6)31(27(3)4)25-32(35-42-29(26-56-35)37(49)50)55-38(51)40-15-19-52-21-23-54-24-22-53-20-16-41-44-39/h26-28,30-33H,7-25H2,1-6H3,(H,40,51)(H,43,47)(H,49,50)/t28-,30+,31+,32+,33-/m0/s1. The molecule has 3 amide bonds. The minimum atomic E-state index is -1.20. The number of carbonyl (C=O) groups is 4. The molecule has 1 fully saturated rings. The molecule has 0 radical (unpaired) electrons. The maximum Gasteiger partial charge on any atom is 0.407 e. The van der Waals surface area contributed by atoms with Crippen molar-refractivity contribution in [3.05, 3.63) is 26.5 Å². The lowest BCUT2D eigenvalue weighted by Gasteiger charge is -2.40. The predicted octanol–water partition coefficient (Wildman–Crippen LogP) is 5.81. The van der Waals surface area contributed by atoms with Crippen LogP contribution in [-0.2, 0) is 28.5 Å². The van der Waals surface area contributed by atoms with Crippen LogP contribution < -0.4 is 10.6 Å². The highest BCUT2D eigenvalue weighted by molar-refractivity contribution is 7.09. The van der Waals surface area contributed by atoms with E-state index in [9.17, 15) is 24.3 Å². The molecule has 56 heavy (non-hydrogen) atoms. The van der Waals surface area contributed by atoms with Crippen LogP contribution in [0.15, 0.2) is 10.5 Å². The first-order chi connectivity index (χ1) is 26.9. The third-order valence-electron chi connectivity index (χ3n) is 9.94. The van der Waals surface area contributed by atoms with Gasteiger partial charge in [-0.1, -0.05) is 71.8 Å². The second-order valence-corrected chi connectivity index (χ2v) is 15.4. The fourth-order valence-corrected chi connectivity index (χ4v) is 7.30. The number of carboxylic acids is 1. The van der Waals surface area contributed by atoms with Gasteiger partial charge in [-0.25, -0.2) is 14.6 Å². The maximum atomic E-state index is 14.8. The molecule has 5 atom stereocenters. The second-order valence-electron chi connectivity index (χ2n) is 14.5. The molecule has 0 saturated carbocycles. The van der Waals surface area contributed by atoms with Crippen LogP contribution in [0.5, 0.6) is 0 Å². The number of carboxylic acid groups (broad SMARTS) is 1. The van der Waals surface area contributed by atoms with Crippen molar-refractivity contribution in [3.63, 3.8) is 0 Å². The normalized spacial score (nSPS) is 16.7. The molecule has 318 valence electrons. The third kappa shape index (κ3) is 17.7. The first kappa shape index (κ1) is 48.6. The lowest BCUT2D eigenvalue weighted by molar-refractivity contribution is -0.142. The fourth-order valence-electron chi connectivity index (χ4n) is 6.47. The summed E-state index contributed by atoms with van der Waals surface area (Å²) in [4.78, 5) is 64.3. The van der Waals surface area contributed by atoms with Crippen molar-refractivity contribution in [1.82, 2.24) is 25.4 Å². The molecule has 3 N–H and O–H groups in total. The van der Waals surface area contributed by atoms with E-state index in [0.29, 0.717) is 51.0 Å². The number of carbonyl (C=O) groups excluding carboxylic acids is 3. The monoisotopic (exact) mass is 810 g/mol. The lowest BCUT2D eigenvalue weighted by atomic mass is 9.91. The van der Waals surface area contributed by atoms with E-state index in [-0.39, 0.29) is 61.5 Å². The molecule has 1 aliphatic heterocycles. The van der Waals surface area contributed by atoms with Crippen LogP contribution in [-0.4, -0.2) is 135 Å². The molecule has 2 heterocycles. The number of thiazole rings is 1. The molecule has 0 aromatic carbocycles. The Morgan fingerprint density at radius 3 is 2.36 bits per heavy atom. The van der Waals surface area contributed by atoms with Gasteiger partial charge < -0.3 is 39.6 Å². The van der Waals surface area contributed by atoms with Gasteiger partial charge in [-0.05, 0) is 50.2 Å². The summed E-state index contributed by atoms with van der Waals surface area (Å²) < 4.78 is 22.2. The Bertz CT molecular complexity index is 1360. The van der Waals surface area contributed by atoms with E-state index in [1.807, 2.05) is 39.6 Å². The number of hydrogen-bond donors (Lipinski definition) is 3. The Morgan fingerprint density at radius 2 is 1.75 bits per heavy atom. The molecule has 0 aliphatic carbocycles. The van der Waals surface area contributed by atoms with Crippen molar-refractivity contribution in [2.24, 2.45) is 17.0 Å². The summed E-state index contributed by atoms with van der Waals surface area (Å²) in [6.07, 6.45) is 5.64.